The lowest BCUT2D eigenvalue weighted by Crippen LogP contribution is -2.35. The normalized spacial score (nSPS) is 11.2. The van der Waals surface area contributed by atoms with Crippen molar-refractivity contribution in [2.45, 2.75) is 19.9 Å². The molecule has 0 amide bonds. The molecule has 0 saturated heterocycles. The predicted molar refractivity (Wildman–Crippen MR) is 77.3 cm³/mol. The Hall–Kier alpha value is -1.39. The zero-order chi connectivity index (χ0) is 14.3. The minimum Gasteiger partial charge on any atom is -0.480 e. The number of carboxylic acids is 1. The standard InChI is InChI=1S/C15H24N2O2/c1-4-13-5-7-14(8-6-13)11-17(12-15(18)19)10-9-16(2)3/h5-8H,4,9-12H2,1-3H3,(H,18,19). The Bertz CT molecular complexity index is 388. The summed E-state index contributed by atoms with van der Waals surface area (Å²) in [4.78, 5) is 14.9. The number of rotatable bonds is 8. The number of carboxylic acid groups (broad SMARTS) is 1. The lowest BCUT2D eigenvalue weighted by Gasteiger charge is -2.22. The molecule has 4 heteroatoms. The molecule has 0 aliphatic rings. The Morgan fingerprint density at radius 3 is 2.16 bits per heavy atom. The van der Waals surface area contributed by atoms with Gasteiger partial charge in [0.05, 0.1) is 6.54 Å². The zero-order valence-corrected chi connectivity index (χ0v) is 12.1. The van der Waals surface area contributed by atoms with Crippen molar-refractivity contribution >= 4 is 5.97 Å². The monoisotopic (exact) mass is 264 g/mol. The van der Waals surface area contributed by atoms with E-state index < -0.39 is 5.97 Å². The van der Waals surface area contributed by atoms with E-state index in [0.29, 0.717) is 6.54 Å². The highest BCUT2D eigenvalue weighted by Gasteiger charge is 2.10. The Balaban J connectivity index is 2.61. The first-order chi connectivity index (χ1) is 9.01. The van der Waals surface area contributed by atoms with E-state index in [0.717, 1.165) is 25.1 Å². The topological polar surface area (TPSA) is 43.8 Å². The van der Waals surface area contributed by atoms with Crippen molar-refractivity contribution in [2.24, 2.45) is 0 Å². The van der Waals surface area contributed by atoms with Gasteiger partial charge in [-0.1, -0.05) is 31.2 Å². The quantitative estimate of drug-likeness (QED) is 0.776. The van der Waals surface area contributed by atoms with E-state index in [2.05, 4.69) is 36.1 Å². The largest absolute Gasteiger partial charge is 0.480 e. The summed E-state index contributed by atoms with van der Waals surface area (Å²) in [5.74, 6) is -0.774. The molecule has 4 nitrogen and oxygen atoms in total. The van der Waals surface area contributed by atoms with Gasteiger partial charge in [0.25, 0.3) is 0 Å². The Morgan fingerprint density at radius 2 is 1.68 bits per heavy atom. The van der Waals surface area contributed by atoms with E-state index in [1.54, 1.807) is 0 Å². The second-order valence-electron chi connectivity index (χ2n) is 5.08. The molecule has 0 aliphatic heterocycles. The zero-order valence-electron chi connectivity index (χ0n) is 12.1. The predicted octanol–water partition coefficient (Wildman–Crippen LogP) is 1.70. The molecule has 0 saturated carbocycles. The fourth-order valence-corrected chi connectivity index (χ4v) is 1.89. The van der Waals surface area contributed by atoms with Gasteiger partial charge in [0.1, 0.15) is 0 Å². The molecule has 0 bridgehead atoms. The molecule has 0 heterocycles. The minimum absolute atomic E-state index is 0.0867. The van der Waals surface area contributed by atoms with Gasteiger partial charge >= 0.3 is 5.97 Å². The average Bonchev–Trinajstić information content (AvgIpc) is 2.36. The van der Waals surface area contributed by atoms with Crippen molar-refractivity contribution in [3.05, 3.63) is 35.4 Å². The summed E-state index contributed by atoms with van der Waals surface area (Å²) in [5, 5.41) is 8.95. The fourth-order valence-electron chi connectivity index (χ4n) is 1.89. The first kappa shape index (κ1) is 15.7. The van der Waals surface area contributed by atoms with E-state index >= 15 is 0 Å². The molecule has 0 aromatic heterocycles. The fraction of sp³-hybridized carbons (Fsp3) is 0.533. The van der Waals surface area contributed by atoms with Crippen LogP contribution in [0.25, 0.3) is 0 Å². The number of hydrogen-bond donors (Lipinski definition) is 1. The minimum atomic E-state index is -0.774. The maximum Gasteiger partial charge on any atom is 0.317 e. The van der Waals surface area contributed by atoms with E-state index in [1.165, 1.54) is 5.56 Å². The summed E-state index contributed by atoms with van der Waals surface area (Å²) in [6.45, 7) is 4.52. The van der Waals surface area contributed by atoms with Gasteiger partial charge in [-0.3, -0.25) is 9.69 Å². The van der Waals surface area contributed by atoms with Crippen LogP contribution in [0.15, 0.2) is 24.3 Å². The average molecular weight is 264 g/mol. The molecule has 19 heavy (non-hydrogen) atoms. The van der Waals surface area contributed by atoms with E-state index in [4.69, 9.17) is 5.11 Å². The number of aliphatic carboxylic acids is 1. The van der Waals surface area contributed by atoms with Crippen LogP contribution in [-0.2, 0) is 17.8 Å². The SMILES string of the molecule is CCc1ccc(CN(CCN(C)C)CC(=O)O)cc1. The van der Waals surface area contributed by atoms with Crippen molar-refractivity contribution in [2.75, 3.05) is 33.7 Å². The maximum absolute atomic E-state index is 10.9. The van der Waals surface area contributed by atoms with Crippen LogP contribution in [-0.4, -0.2) is 54.6 Å². The van der Waals surface area contributed by atoms with Crippen molar-refractivity contribution < 1.29 is 9.90 Å². The van der Waals surface area contributed by atoms with Gasteiger partial charge in [-0.15, -0.1) is 0 Å². The van der Waals surface area contributed by atoms with Crippen LogP contribution in [0.1, 0.15) is 18.1 Å². The molecule has 0 unspecified atom stereocenters. The second-order valence-corrected chi connectivity index (χ2v) is 5.08. The maximum atomic E-state index is 10.9. The number of likely N-dealkylation sites (N-methyl/N-ethyl adjacent to an activating group) is 1. The van der Waals surface area contributed by atoms with Crippen LogP contribution in [0.4, 0.5) is 0 Å². The van der Waals surface area contributed by atoms with Crippen LogP contribution in [0.2, 0.25) is 0 Å². The summed E-state index contributed by atoms with van der Waals surface area (Å²) in [7, 11) is 3.99. The van der Waals surface area contributed by atoms with Crippen molar-refractivity contribution in [1.82, 2.24) is 9.80 Å². The molecule has 0 spiro atoms. The molecule has 1 aromatic rings. The van der Waals surface area contributed by atoms with E-state index in [1.807, 2.05) is 19.0 Å². The first-order valence-electron chi connectivity index (χ1n) is 6.68. The van der Waals surface area contributed by atoms with Gasteiger partial charge in [0.2, 0.25) is 0 Å². The summed E-state index contributed by atoms with van der Waals surface area (Å²) < 4.78 is 0. The molecule has 0 aliphatic carbocycles. The number of aryl methyl sites for hydroxylation is 1. The molecule has 0 fully saturated rings. The Kier molecular flexibility index (Phi) is 6.53. The molecule has 106 valence electrons. The lowest BCUT2D eigenvalue weighted by atomic mass is 10.1. The van der Waals surface area contributed by atoms with Crippen LogP contribution in [0, 0.1) is 0 Å². The first-order valence-corrected chi connectivity index (χ1v) is 6.68. The van der Waals surface area contributed by atoms with E-state index in [-0.39, 0.29) is 6.54 Å². The highest BCUT2D eigenvalue weighted by molar-refractivity contribution is 5.69. The number of hydrogen-bond acceptors (Lipinski definition) is 3. The summed E-state index contributed by atoms with van der Waals surface area (Å²) in [5.41, 5.74) is 2.47. The van der Waals surface area contributed by atoms with Crippen molar-refractivity contribution in [3.8, 4) is 0 Å². The molecule has 1 N–H and O–H groups in total. The summed E-state index contributed by atoms with van der Waals surface area (Å²) >= 11 is 0. The molecular formula is C15H24N2O2. The van der Waals surface area contributed by atoms with Gasteiger partial charge in [0, 0.05) is 19.6 Å². The van der Waals surface area contributed by atoms with Crippen LogP contribution < -0.4 is 0 Å². The highest BCUT2D eigenvalue weighted by Crippen LogP contribution is 2.08. The molecule has 0 atom stereocenters. The van der Waals surface area contributed by atoms with Crippen LogP contribution >= 0.6 is 0 Å². The van der Waals surface area contributed by atoms with E-state index in [9.17, 15) is 4.79 Å². The van der Waals surface area contributed by atoms with Gasteiger partial charge in [-0.25, -0.2) is 0 Å². The van der Waals surface area contributed by atoms with Crippen molar-refractivity contribution in [1.29, 1.82) is 0 Å². The Morgan fingerprint density at radius 1 is 1.11 bits per heavy atom. The smallest absolute Gasteiger partial charge is 0.317 e. The van der Waals surface area contributed by atoms with Crippen LogP contribution in [0.5, 0.6) is 0 Å². The summed E-state index contributed by atoms with van der Waals surface area (Å²) in [6.07, 6.45) is 1.03. The third-order valence-corrected chi connectivity index (χ3v) is 3.06. The van der Waals surface area contributed by atoms with Crippen molar-refractivity contribution in [3.63, 3.8) is 0 Å². The third-order valence-electron chi connectivity index (χ3n) is 3.06. The Labute approximate surface area is 115 Å². The third kappa shape index (κ3) is 6.36. The molecule has 1 rings (SSSR count). The highest BCUT2D eigenvalue weighted by atomic mass is 16.4. The molecule has 1 aromatic carbocycles. The second kappa shape index (κ2) is 7.92. The van der Waals surface area contributed by atoms with Gasteiger partial charge < -0.3 is 10.0 Å². The van der Waals surface area contributed by atoms with Gasteiger partial charge in [-0.05, 0) is 31.6 Å². The lowest BCUT2D eigenvalue weighted by molar-refractivity contribution is -0.138. The molecular weight excluding hydrogens is 240 g/mol. The van der Waals surface area contributed by atoms with Gasteiger partial charge in [0.15, 0.2) is 0 Å². The summed E-state index contributed by atoms with van der Waals surface area (Å²) in [6, 6.07) is 8.40. The van der Waals surface area contributed by atoms with Crippen LogP contribution in [0.3, 0.4) is 0 Å². The van der Waals surface area contributed by atoms with Gasteiger partial charge in [-0.2, -0.15) is 0 Å². The number of carbonyl (C=O) groups is 1. The number of benzene rings is 1. The number of nitrogens with zero attached hydrogens (tertiary/aromatic N) is 2. The molecule has 0 radical (unpaired) electrons.